The SMILES string of the molecule is COc1ccc(-n2ccc(=O)c(C(=O)Nc3ccc(Oc4ccnc5[nH]ccc45)c(F)c3)n2)cc1. The standard InChI is InChI=1S/C25H18FN5O4/c1-34-17-5-3-16(4-6-17)31-13-10-20(32)23(30-31)25(33)29-15-2-7-22(19(26)14-15)35-21-9-12-28-24-18(21)8-11-27-24/h2-14H,1H3,(H,27,28)(H,29,33). The normalized spacial score (nSPS) is 10.8. The summed E-state index contributed by atoms with van der Waals surface area (Å²) < 4.78 is 27.0. The third-order valence-electron chi connectivity index (χ3n) is 5.19. The highest BCUT2D eigenvalue weighted by Gasteiger charge is 2.16. The number of nitrogens with one attached hydrogen (secondary N) is 2. The number of anilines is 1. The zero-order valence-corrected chi connectivity index (χ0v) is 18.4. The molecule has 0 fully saturated rings. The van der Waals surface area contributed by atoms with Gasteiger partial charge in [-0.1, -0.05) is 0 Å². The monoisotopic (exact) mass is 471 g/mol. The summed E-state index contributed by atoms with van der Waals surface area (Å²) in [5.74, 6) is -0.409. The number of hydrogen-bond donors (Lipinski definition) is 2. The number of halogens is 1. The summed E-state index contributed by atoms with van der Waals surface area (Å²) in [5.41, 5.74) is 0.474. The number of hydrogen-bond acceptors (Lipinski definition) is 6. The first kappa shape index (κ1) is 21.8. The molecule has 10 heteroatoms. The summed E-state index contributed by atoms with van der Waals surface area (Å²) in [6.45, 7) is 0. The van der Waals surface area contributed by atoms with Gasteiger partial charge in [-0.25, -0.2) is 14.1 Å². The van der Waals surface area contributed by atoms with Crippen molar-refractivity contribution in [1.29, 1.82) is 0 Å². The Kier molecular flexibility index (Phi) is 5.68. The van der Waals surface area contributed by atoms with Crippen molar-refractivity contribution in [3.63, 3.8) is 0 Å². The zero-order valence-electron chi connectivity index (χ0n) is 18.4. The van der Waals surface area contributed by atoms with Crippen LogP contribution in [0.1, 0.15) is 10.5 Å². The third kappa shape index (κ3) is 4.44. The molecule has 5 rings (SSSR count). The van der Waals surface area contributed by atoms with Crippen LogP contribution in [0.15, 0.2) is 84.0 Å². The molecule has 9 nitrogen and oxygen atoms in total. The van der Waals surface area contributed by atoms with E-state index in [-0.39, 0.29) is 17.1 Å². The van der Waals surface area contributed by atoms with E-state index in [1.807, 2.05) is 0 Å². The van der Waals surface area contributed by atoms with Crippen molar-refractivity contribution >= 4 is 22.6 Å². The Balaban J connectivity index is 1.35. The Morgan fingerprint density at radius 1 is 1.06 bits per heavy atom. The van der Waals surface area contributed by atoms with Gasteiger partial charge in [0.25, 0.3) is 5.91 Å². The number of aromatic nitrogens is 4. The summed E-state index contributed by atoms with van der Waals surface area (Å²) >= 11 is 0. The van der Waals surface area contributed by atoms with Gasteiger partial charge in [0.05, 0.1) is 18.2 Å². The largest absolute Gasteiger partial charge is 0.497 e. The smallest absolute Gasteiger partial charge is 0.280 e. The molecule has 0 saturated heterocycles. The molecule has 3 aromatic heterocycles. The Morgan fingerprint density at radius 3 is 2.66 bits per heavy atom. The van der Waals surface area contributed by atoms with Crippen LogP contribution in [0.2, 0.25) is 0 Å². The molecule has 3 heterocycles. The number of H-pyrrole nitrogens is 1. The molecule has 174 valence electrons. The number of benzene rings is 2. The number of aromatic amines is 1. The van der Waals surface area contributed by atoms with Crippen LogP contribution in [0.25, 0.3) is 16.7 Å². The zero-order chi connectivity index (χ0) is 24.4. The van der Waals surface area contributed by atoms with Crippen LogP contribution in [0, 0.1) is 5.82 Å². The van der Waals surface area contributed by atoms with E-state index in [1.165, 1.54) is 29.1 Å². The number of pyridine rings is 1. The minimum absolute atomic E-state index is 0.0311. The highest BCUT2D eigenvalue weighted by Crippen LogP contribution is 2.31. The lowest BCUT2D eigenvalue weighted by Crippen LogP contribution is -2.25. The first-order valence-electron chi connectivity index (χ1n) is 10.5. The Hall–Kier alpha value is -4.99. The maximum absolute atomic E-state index is 14.7. The lowest BCUT2D eigenvalue weighted by molar-refractivity contribution is 0.101. The minimum atomic E-state index is -0.769. The Labute approximate surface area is 197 Å². The summed E-state index contributed by atoms with van der Waals surface area (Å²) in [4.78, 5) is 32.2. The van der Waals surface area contributed by atoms with E-state index in [0.29, 0.717) is 28.2 Å². The van der Waals surface area contributed by atoms with E-state index in [4.69, 9.17) is 9.47 Å². The molecule has 0 radical (unpaired) electrons. The number of ether oxygens (including phenoxy) is 2. The molecule has 2 aromatic carbocycles. The van der Waals surface area contributed by atoms with E-state index in [2.05, 4.69) is 20.4 Å². The number of amides is 1. The van der Waals surface area contributed by atoms with Crippen molar-refractivity contribution in [2.45, 2.75) is 0 Å². The predicted octanol–water partition coefficient (Wildman–Crippen LogP) is 4.30. The van der Waals surface area contributed by atoms with Crippen LogP contribution >= 0.6 is 0 Å². The van der Waals surface area contributed by atoms with Gasteiger partial charge in [-0.15, -0.1) is 0 Å². The maximum atomic E-state index is 14.7. The van der Waals surface area contributed by atoms with Gasteiger partial charge in [0.2, 0.25) is 5.43 Å². The molecular weight excluding hydrogens is 453 g/mol. The third-order valence-corrected chi connectivity index (χ3v) is 5.19. The first-order valence-corrected chi connectivity index (χ1v) is 10.5. The van der Waals surface area contributed by atoms with E-state index in [9.17, 15) is 14.0 Å². The highest BCUT2D eigenvalue weighted by molar-refractivity contribution is 6.02. The lowest BCUT2D eigenvalue weighted by Gasteiger charge is -2.11. The van der Waals surface area contributed by atoms with Crippen molar-refractivity contribution in [2.24, 2.45) is 0 Å². The van der Waals surface area contributed by atoms with E-state index in [0.717, 1.165) is 6.07 Å². The topological polar surface area (TPSA) is 111 Å². The minimum Gasteiger partial charge on any atom is -0.497 e. The van der Waals surface area contributed by atoms with Gasteiger partial charge in [0.1, 0.15) is 17.1 Å². The molecule has 1 amide bonds. The van der Waals surface area contributed by atoms with Crippen molar-refractivity contribution < 1.29 is 18.7 Å². The van der Waals surface area contributed by atoms with Gasteiger partial charge in [-0.3, -0.25) is 9.59 Å². The molecule has 0 saturated carbocycles. The second-order valence-corrected chi connectivity index (χ2v) is 7.42. The van der Waals surface area contributed by atoms with Crippen LogP contribution in [0.3, 0.4) is 0 Å². The molecule has 0 atom stereocenters. The number of rotatable bonds is 6. The number of fused-ring (bicyclic) bond motifs is 1. The van der Waals surface area contributed by atoms with Gasteiger partial charge in [0, 0.05) is 36.4 Å². The number of methoxy groups -OCH3 is 1. The average Bonchev–Trinajstić information content (AvgIpc) is 3.36. The van der Waals surface area contributed by atoms with Crippen LogP contribution < -0.4 is 20.2 Å². The van der Waals surface area contributed by atoms with Gasteiger partial charge < -0.3 is 19.8 Å². The van der Waals surface area contributed by atoms with Gasteiger partial charge >= 0.3 is 0 Å². The molecule has 0 aliphatic heterocycles. The quantitative estimate of drug-likeness (QED) is 0.382. The summed E-state index contributed by atoms with van der Waals surface area (Å²) in [6.07, 6.45) is 4.71. The molecule has 2 N–H and O–H groups in total. The van der Waals surface area contributed by atoms with Crippen molar-refractivity contribution in [3.8, 4) is 22.9 Å². The van der Waals surface area contributed by atoms with Crippen molar-refractivity contribution in [2.75, 3.05) is 12.4 Å². The average molecular weight is 471 g/mol. The lowest BCUT2D eigenvalue weighted by atomic mass is 10.2. The van der Waals surface area contributed by atoms with Crippen molar-refractivity contribution in [1.82, 2.24) is 19.7 Å². The molecule has 0 spiro atoms. The summed E-state index contributed by atoms with van der Waals surface area (Å²) in [6, 6.07) is 15.5. The molecule has 0 aliphatic carbocycles. The first-order chi connectivity index (χ1) is 17.0. The van der Waals surface area contributed by atoms with E-state index >= 15 is 0 Å². The fourth-order valence-electron chi connectivity index (χ4n) is 3.44. The molecule has 0 bridgehead atoms. The van der Waals surface area contributed by atoms with Crippen LogP contribution in [-0.4, -0.2) is 32.8 Å². The van der Waals surface area contributed by atoms with Crippen LogP contribution in [0.5, 0.6) is 17.2 Å². The second kappa shape index (κ2) is 9.10. The molecule has 0 unspecified atom stereocenters. The molecule has 35 heavy (non-hydrogen) atoms. The molecule has 5 aromatic rings. The Morgan fingerprint density at radius 2 is 1.89 bits per heavy atom. The molecule has 0 aliphatic rings. The van der Waals surface area contributed by atoms with Gasteiger partial charge in [-0.05, 0) is 48.5 Å². The number of nitrogens with zero attached hydrogens (tertiary/aromatic N) is 3. The van der Waals surface area contributed by atoms with Crippen LogP contribution in [0.4, 0.5) is 10.1 Å². The fraction of sp³-hybridized carbons (Fsp3) is 0.0400. The number of carbonyl (C=O) groups is 1. The van der Waals surface area contributed by atoms with Gasteiger partial charge in [0.15, 0.2) is 17.3 Å². The van der Waals surface area contributed by atoms with Gasteiger partial charge in [-0.2, -0.15) is 5.10 Å². The second-order valence-electron chi connectivity index (χ2n) is 7.42. The van der Waals surface area contributed by atoms with E-state index in [1.54, 1.807) is 55.9 Å². The van der Waals surface area contributed by atoms with Crippen LogP contribution in [-0.2, 0) is 0 Å². The predicted molar refractivity (Wildman–Crippen MR) is 127 cm³/mol. The summed E-state index contributed by atoms with van der Waals surface area (Å²) in [7, 11) is 1.55. The maximum Gasteiger partial charge on any atom is 0.280 e. The summed E-state index contributed by atoms with van der Waals surface area (Å²) in [5, 5.41) is 7.35. The molecular formula is C25H18FN5O4. The van der Waals surface area contributed by atoms with E-state index < -0.39 is 17.2 Å². The Bertz CT molecular complexity index is 1590. The fourth-order valence-corrected chi connectivity index (χ4v) is 3.44. The van der Waals surface area contributed by atoms with Crippen molar-refractivity contribution in [3.05, 3.63) is 101 Å². The highest BCUT2D eigenvalue weighted by atomic mass is 19.1. The number of carbonyl (C=O) groups excluding carboxylic acids is 1.